The smallest absolute Gasteiger partial charge is 0.130 e. The molecule has 0 radical (unpaired) electrons. The van der Waals surface area contributed by atoms with E-state index in [4.69, 9.17) is 26.8 Å². The predicted molar refractivity (Wildman–Crippen MR) is 77.9 cm³/mol. The maximum Gasteiger partial charge on any atom is 0.130 e. The molecule has 0 aliphatic rings. The van der Waals surface area contributed by atoms with Gasteiger partial charge in [-0.1, -0.05) is 29.8 Å². The largest absolute Gasteiger partial charge is 0.496 e. The summed E-state index contributed by atoms with van der Waals surface area (Å²) in [5.41, 5.74) is 8.32. The van der Waals surface area contributed by atoms with Crippen molar-refractivity contribution in [2.45, 2.75) is 6.54 Å². The first kappa shape index (κ1) is 13.7. The molecule has 0 aliphatic heterocycles. The number of hydrogen-bond acceptors (Lipinski definition) is 3. The average molecular weight is 278 g/mol. The van der Waals surface area contributed by atoms with Crippen LogP contribution in [-0.2, 0) is 6.54 Å². The van der Waals surface area contributed by atoms with Gasteiger partial charge < -0.3 is 15.2 Å². The van der Waals surface area contributed by atoms with Gasteiger partial charge >= 0.3 is 0 Å². The zero-order valence-electron chi connectivity index (χ0n) is 10.9. The Morgan fingerprint density at radius 3 is 2.16 bits per heavy atom. The molecule has 4 heteroatoms. The number of nitrogens with two attached hydrogens (primary N) is 1. The molecule has 2 rings (SSSR count). The molecule has 3 nitrogen and oxygen atoms in total. The third kappa shape index (κ3) is 2.67. The summed E-state index contributed by atoms with van der Waals surface area (Å²) in [4.78, 5) is 0. The van der Waals surface area contributed by atoms with Crippen LogP contribution in [0, 0.1) is 0 Å². The zero-order chi connectivity index (χ0) is 13.8. The van der Waals surface area contributed by atoms with E-state index in [0.717, 1.165) is 28.2 Å². The van der Waals surface area contributed by atoms with Crippen LogP contribution in [-0.4, -0.2) is 14.2 Å². The number of benzene rings is 2. The lowest BCUT2D eigenvalue weighted by atomic mass is 10.0. The van der Waals surface area contributed by atoms with Gasteiger partial charge in [-0.2, -0.15) is 0 Å². The van der Waals surface area contributed by atoms with Crippen LogP contribution in [0.2, 0.25) is 5.02 Å². The average Bonchev–Trinajstić information content (AvgIpc) is 2.46. The van der Waals surface area contributed by atoms with Gasteiger partial charge in [0, 0.05) is 17.1 Å². The third-order valence-corrected chi connectivity index (χ3v) is 3.28. The lowest BCUT2D eigenvalue weighted by Crippen LogP contribution is -1.97. The molecular formula is C15H16ClNO2. The monoisotopic (exact) mass is 277 g/mol. The van der Waals surface area contributed by atoms with Crippen LogP contribution in [0.5, 0.6) is 11.5 Å². The van der Waals surface area contributed by atoms with Crippen molar-refractivity contribution < 1.29 is 9.47 Å². The van der Waals surface area contributed by atoms with Crippen LogP contribution in [0.15, 0.2) is 36.4 Å². The van der Waals surface area contributed by atoms with Crippen molar-refractivity contribution >= 4 is 11.6 Å². The highest BCUT2D eigenvalue weighted by atomic mass is 35.5. The first-order valence-electron chi connectivity index (χ1n) is 5.91. The first-order valence-corrected chi connectivity index (χ1v) is 6.29. The maximum absolute atomic E-state index is 6.33. The van der Waals surface area contributed by atoms with Gasteiger partial charge in [-0.25, -0.2) is 0 Å². The van der Waals surface area contributed by atoms with E-state index >= 15 is 0 Å². The lowest BCUT2D eigenvalue weighted by Gasteiger charge is -2.14. The van der Waals surface area contributed by atoms with E-state index in [1.807, 2.05) is 36.4 Å². The van der Waals surface area contributed by atoms with Crippen LogP contribution >= 0.6 is 11.6 Å². The van der Waals surface area contributed by atoms with E-state index in [-0.39, 0.29) is 0 Å². The van der Waals surface area contributed by atoms with Gasteiger partial charge in [0.05, 0.1) is 19.8 Å². The predicted octanol–water partition coefficient (Wildman–Crippen LogP) is 3.48. The van der Waals surface area contributed by atoms with Crippen LogP contribution in [0.25, 0.3) is 11.1 Å². The molecule has 0 fully saturated rings. The summed E-state index contributed by atoms with van der Waals surface area (Å²) in [5.74, 6) is 1.45. The van der Waals surface area contributed by atoms with Crippen LogP contribution in [0.1, 0.15) is 5.56 Å². The van der Waals surface area contributed by atoms with Gasteiger partial charge in [-0.05, 0) is 23.8 Å². The second kappa shape index (κ2) is 5.95. The molecule has 0 heterocycles. The van der Waals surface area contributed by atoms with Crippen molar-refractivity contribution in [1.82, 2.24) is 0 Å². The Morgan fingerprint density at radius 2 is 1.68 bits per heavy atom. The van der Waals surface area contributed by atoms with Gasteiger partial charge in [0.15, 0.2) is 0 Å². The molecule has 0 saturated heterocycles. The SMILES string of the molecule is COc1cccc(OC)c1-c1ccc(CN)cc1Cl. The quantitative estimate of drug-likeness (QED) is 0.930. The molecule has 0 aromatic heterocycles. The molecule has 0 spiro atoms. The second-order valence-corrected chi connectivity index (χ2v) is 4.46. The summed E-state index contributed by atoms with van der Waals surface area (Å²) in [6.07, 6.45) is 0. The van der Waals surface area contributed by atoms with Crippen molar-refractivity contribution in [3.8, 4) is 22.6 Å². The fourth-order valence-electron chi connectivity index (χ4n) is 2.00. The summed E-state index contributed by atoms with van der Waals surface area (Å²) in [5, 5.41) is 0.630. The second-order valence-electron chi connectivity index (χ2n) is 4.06. The Morgan fingerprint density at radius 1 is 1.05 bits per heavy atom. The van der Waals surface area contributed by atoms with E-state index in [9.17, 15) is 0 Å². The van der Waals surface area contributed by atoms with E-state index in [2.05, 4.69) is 0 Å². The molecule has 19 heavy (non-hydrogen) atoms. The van der Waals surface area contributed by atoms with Crippen molar-refractivity contribution in [3.05, 3.63) is 47.0 Å². The van der Waals surface area contributed by atoms with Crippen LogP contribution in [0.4, 0.5) is 0 Å². The van der Waals surface area contributed by atoms with Gasteiger partial charge in [-0.15, -0.1) is 0 Å². The minimum Gasteiger partial charge on any atom is -0.496 e. The van der Waals surface area contributed by atoms with Gasteiger partial charge in [0.25, 0.3) is 0 Å². The Balaban J connectivity index is 2.63. The fourth-order valence-corrected chi connectivity index (χ4v) is 2.30. The fraction of sp³-hybridized carbons (Fsp3) is 0.200. The summed E-state index contributed by atoms with van der Waals surface area (Å²) in [6, 6.07) is 11.4. The molecule has 100 valence electrons. The molecule has 0 amide bonds. The maximum atomic E-state index is 6.33. The van der Waals surface area contributed by atoms with E-state index in [0.29, 0.717) is 11.6 Å². The van der Waals surface area contributed by atoms with Crippen molar-refractivity contribution in [2.24, 2.45) is 5.73 Å². The summed E-state index contributed by atoms with van der Waals surface area (Å²) in [7, 11) is 3.25. The number of ether oxygens (including phenoxy) is 2. The summed E-state index contributed by atoms with van der Waals surface area (Å²) in [6.45, 7) is 0.461. The van der Waals surface area contributed by atoms with Crippen LogP contribution in [0.3, 0.4) is 0 Å². The Labute approximate surface area is 117 Å². The topological polar surface area (TPSA) is 44.5 Å². The standard InChI is InChI=1S/C15H16ClNO2/c1-18-13-4-3-5-14(19-2)15(13)11-7-6-10(9-17)8-12(11)16/h3-8H,9,17H2,1-2H3. The number of methoxy groups -OCH3 is 2. The lowest BCUT2D eigenvalue weighted by molar-refractivity contribution is 0.397. The van der Waals surface area contributed by atoms with Crippen molar-refractivity contribution in [1.29, 1.82) is 0 Å². The van der Waals surface area contributed by atoms with E-state index in [1.54, 1.807) is 14.2 Å². The van der Waals surface area contributed by atoms with Crippen LogP contribution < -0.4 is 15.2 Å². The Kier molecular flexibility index (Phi) is 4.30. The number of hydrogen-bond donors (Lipinski definition) is 1. The molecule has 0 bridgehead atoms. The first-order chi connectivity index (χ1) is 9.21. The van der Waals surface area contributed by atoms with Gasteiger partial charge in [-0.3, -0.25) is 0 Å². The molecular weight excluding hydrogens is 262 g/mol. The Hall–Kier alpha value is -1.71. The minimum absolute atomic E-state index is 0.461. The Bertz CT molecular complexity index is 562. The highest BCUT2D eigenvalue weighted by Crippen LogP contribution is 2.41. The molecule has 0 aliphatic carbocycles. The molecule has 2 aromatic rings. The molecule has 0 saturated carbocycles. The highest BCUT2D eigenvalue weighted by Gasteiger charge is 2.15. The molecule has 0 unspecified atom stereocenters. The molecule has 2 aromatic carbocycles. The highest BCUT2D eigenvalue weighted by molar-refractivity contribution is 6.33. The third-order valence-electron chi connectivity index (χ3n) is 2.97. The zero-order valence-corrected chi connectivity index (χ0v) is 11.7. The number of halogens is 1. The minimum atomic E-state index is 0.461. The summed E-state index contributed by atoms with van der Waals surface area (Å²) < 4.78 is 10.8. The van der Waals surface area contributed by atoms with Gasteiger partial charge in [0.2, 0.25) is 0 Å². The number of rotatable bonds is 4. The molecule has 2 N–H and O–H groups in total. The van der Waals surface area contributed by atoms with Crippen molar-refractivity contribution in [3.63, 3.8) is 0 Å². The van der Waals surface area contributed by atoms with Gasteiger partial charge in [0.1, 0.15) is 11.5 Å². The summed E-state index contributed by atoms with van der Waals surface area (Å²) >= 11 is 6.33. The normalized spacial score (nSPS) is 10.3. The van der Waals surface area contributed by atoms with E-state index < -0.39 is 0 Å². The van der Waals surface area contributed by atoms with Crippen molar-refractivity contribution in [2.75, 3.05) is 14.2 Å². The molecule has 0 atom stereocenters. The van der Waals surface area contributed by atoms with E-state index in [1.165, 1.54) is 0 Å².